The summed E-state index contributed by atoms with van der Waals surface area (Å²) in [5.74, 6) is -2.26. The molecule has 1 N–H and O–H groups in total. The first-order valence-corrected chi connectivity index (χ1v) is 13.4. The van der Waals surface area contributed by atoms with Crippen LogP contribution in [0.5, 0.6) is 0 Å². The van der Waals surface area contributed by atoms with E-state index in [9.17, 15) is 24.0 Å². The summed E-state index contributed by atoms with van der Waals surface area (Å²) < 4.78 is 8.47. The summed E-state index contributed by atoms with van der Waals surface area (Å²) in [5.41, 5.74) is 1.20. The Kier molecular flexibility index (Phi) is 7.86. The predicted molar refractivity (Wildman–Crippen MR) is 144 cm³/mol. The Morgan fingerprint density at radius 2 is 1.55 bits per heavy atom. The molecule has 0 unspecified atom stereocenters. The van der Waals surface area contributed by atoms with Crippen LogP contribution < -0.4 is 10.9 Å². The minimum absolute atomic E-state index is 0.0588. The Hall–Kier alpha value is -4.12. The molecule has 0 fully saturated rings. The number of ether oxygens (including phenoxy) is 1. The van der Waals surface area contributed by atoms with Gasteiger partial charge in [-0.05, 0) is 56.5 Å². The molecule has 2 heterocycles. The molecular formula is C27H28N4O6S. The molecule has 0 radical (unpaired) electrons. The van der Waals surface area contributed by atoms with Crippen molar-refractivity contribution in [2.45, 2.75) is 32.4 Å². The lowest BCUT2D eigenvalue weighted by molar-refractivity contribution is -0.157. The van der Waals surface area contributed by atoms with Crippen LogP contribution in [0, 0.1) is 6.92 Å². The maximum absolute atomic E-state index is 13.2. The number of esters is 1. The van der Waals surface area contributed by atoms with Crippen molar-refractivity contribution in [2.24, 2.45) is 7.05 Å². The molecule has 0 saturated carbocycles. The summed E-state index contributed by atoms with van der Waals surface area (Å²) in [6.07, 6.45) is 0.712. The number of carbonyl (C=O) groups is 4. The molecule has 1 aliphatic heterocycles. The first-order valence-electron chi connectivity index (χ1n) is 12.0. The highest BCUT2D eigenvalue weighted by atomic mass is 32.2. The smallest absolute Gasteiger partial charge is 0.330 e. The van der Waals surface area contributed by atoms with Crippen LogP contribution in [0.3, 0.4) is 0 Å². The molecule has 38 heavy (non-hydrogen) atoms. The van der Waals surface area contributed by atoms with Crippen molar-refractivity contribution in [2.75, 3.05) is 17.3 Å². The van der Waals surface area contributed by atoms with Gasteiger partial charge in [-0.3, -0.25) is 28.8 Å². The van der Waals surface area contributed by atoms with Gasteiger partial charge in [0.1, 0.15) is 11.7 Å². The highest BCUT2D eigenvalue weighted by Crippen LogP contribution is 2.27. The third-order valence-corrected chi connectivity index (χ3v) is 7.11. The van der Waals surface area contributed by atoms with Crippen LogP contribution in [0.4, 0.5) is 5.69 Å². The number of hydrogen-bond donors (Lipinski definition) is 1. The normalized spacial score (nSPS) is 14.3. The molecule has 1 aliphatic rings. The fourth-order valence-electron chi connectivity index (χ4n) is 4.32. The quantitative estimate of drug-likeness (QED) is 0.330. The van der Waals surface area contributed by atoms with E-state index in [4.69, 9.17) is 4.74 Å². The number of rotatable bonds is 9. The molecule has 3 amide bonds. The molecule has 0 spiro atoms. The third-order valence-electron chi connectivity index (χ3n) is 6.47. The standard InChI is InChI=1S/C27H28N4O6S/c1-16-22(26(35)31(29(16)3)18-10-6-5-7-11-18)28-23(32)17(2)37-27(36)21(14-15-38-4)30-24(33)19-12-8-9-13-20(19)25(30)34/h5-13,17,21H,14-15H2,1-4H3,(H,28,32)/t17-,21-/m0/s1. The Morgan fingerprint density at radius 1 is 0.974 bits per heavy atom. The fraction of sp³-hybridized carbons (Fsp3) is 0.296. The van der Waals surface area contributed by atoms with Gasteiger partial charge >= 0.3 is 5.97 Å². The number of fused-ring (bicyclic) bond motifs is 1. The van der Waals surface area contributed by atoms with Crippen molar-refractivity contribution >= 4 is 41.1 Å². The Balaban J connectivity index is 1.52. The maximum Gasteiger partial charge on any atom is 0.330 e. The number of nitrogens with one attached hydrogen (secondary N) is 1. The molecule has 11 heteroatoms. The molecule has 0 saturated heterocycles. The number of aromatic nitrogens is 2. The molecule has 2 atom stereocenters. The van der Waals surface area contributed by atoms with Gasteiger partial charge in [-0.15, -0.1) is 0 Å². The molecule has 10 nitrogen and oxygen atoms in total. The van der Waals surface area contributed by atoms with E-state index in [1.54, 1.807) is 55.1 Å². The molecular weight excluding hydrogens is 508 g/mol. The molecule has 1 aromatic heterocycles. The van der Waals surface area contributed by atoms with Crippen LogP contribution in [-0.2, 0) is 21.4 Å². The molecule has 4 rings (SSSR count). The first-order chi connectivity index (χ1) is 18.2. The van der Waals surface area contributed by atoms with Crippen LogP contribution in [0.25, 0.3) is 5.69 Å². The number of hydrogen-bond acceptors (Lipinski definition) is 7. The zero-order chi connectivity index (χ0) is 27.6. The van der Waals surface area contributed by atoms with E-state index in [-0.39, 0.29) is 23.2 Å². The minimum atomic E-state index is -1.29. The lowest BCUT2D eigenvalue weighted by Gasteiger charge is -2.25. The Morgan fingerprint density at radius 3 is 2.13 bits per heavy atom. The van der Waals surface area contributed by atoms with Crippen LogP contribution in [0.1, 0.15) is 39.8 Å². The highest BCUT2D eigenvalue weighted by Gasteiger charge is 2.43. The largest absolute Gasteiger partial charge is 0.451 e. The number of thioether (sulfide) groups is 1. The van der Waals surface area contributed by atoms with E-state index < -0.39 is 41.4 Å². The Labute approximate surface area is 223 Å². The number of imide groups is 1. The monoisotopic (exact) mass is 536 g/mol. The Bertz CT molecular complexity index is 1430. The van der Waals surface area contributed by atoms with Crippen molar-refractivity contribution in [3.8, 4) is 5.69 Å². The van der Waals surface area contributed by atoms with Crippen LogP contribution in [-0.4, -0.2) is 62.1 Å². The van der Waals surface area contributed by atoms with Crippen molar-refractivity contribution < 1.29 is 23.9 Å². The third kappa shape index (κ3) is 4.89. The molecule has 0 aliphatic carbocycles. The average Bonchev–Trinajstić information content (AvgIpc) is 3.29. The molecule has 198 valence electrons. The SMILES string of the molecule is CSCC[C@@H](C(=O)O[C@@H](C)C(=O)Nc1c(C)n(C)n(-c2ccccc2)c1=O)N1C(=O)c2ccccc2C1=O. The number of benzene rings is 2. The zero-order valence-electron chi connectivity index (χ0n) is 21.5. The summed E-state index contributed by atoms with van der Waals surface area (Å²) in [7, 11) is 1.70. The second-order valence-corrected chi connectivity index (χ2v) is 9.81. The number of para-hydroxylation sites is 1. The van der Waals surface area contributed by atoms with Gasteiger partial charge in [-0.2, -0.15) is 11.8 Å². The van der Waals surface area contributed by atoms with Crippen LogP contribution in [0.15, 0.2) is 59.4 Å². The molecule has 0 bridgehead atoms. The lowest BCUT2D eigenvalue weighted by atomic mass is 10.1. The van der Waals surface area contributed by atoms with E-state index in [2.05, 4.69) is 5.32 Å². The van der Waals surface area contributed by atoms with E-state index in [1.807, 2.05) is 12.3 Å². The number of carbonyl (C=O) groups excluding carboxylic acids is 4. The second kappa shape index (κ2) is 11.1. The highest BCUT2D eigenvalue weighted by molar-refractivity contribution is 7.98. The van der Waals surface area contributed by atoms with Crippen molar-refractivity contribution in [3.05, 3.63) is 81.8 Å². The second-order valence-electron chi connectivity index (χ2n) is 8.83. The van der Waals surface area contributed by atoms with Crippen LogP contribution in [0.2, 0.25) is 0 Å². The average molecular weight is 537 g/mol. The van der Waals surface area contributed by atoms with Gasteiger partial charge in [-0.25, -0.2) is 9.48 Å². The number of anilines is 1. The van der Waals surface area contributed by atoms with Gasteiger partial charge in [0.15, 0.2) is 6.10 Å². The van der Waals surface area contributed by atoms with E-state index >= 15 is 0 Å². The van der Waals surface area contributed by atoms with E-state index in [1.165, 1.54) is 35.5 Å². The van der Waals surface area contributed by atoms with Gasteiger partial charge in [0.05, 0.1) is 22.5 Å². The lowest BCUT2D eigenvalue weighted by Crippen LogP contribution is -2.47. The first kappa shape index (κ1) is 26.9. The minimum Gasteiger partial charge on any atom is -0.451 e. The zero-order valence-corrected chi connectivity index (χ0v) is 22.3. The predicted octanol–water partition coefficient (Wildman–Crippen LogP) is 2.77. The van der Waals surface area contributed by atoms with Gasteiger partial charge in [-0.1, -0.05) is 30.3 Å². The molecule has 2 aromatic carbocycles. The van der Waals surface area contributed by atoms with E-state index in [0.29, 0.717) is 17.1 Å². The number of amides is 3. The van der Waals surface area contributed by atoms with Crippen molar-refractivity contribution in [1.82, 2.24) is 14.3 Å². The van der Waals surface area contributed by atoms with E-state index in [0.717, 1.165) is 4.90 Å². The number of nitrogens with zero attached hydrogens (tertiary/aromatic N) is 3. The topological polar surface area (TPSA) is 120 Å². The fourth-order valence-corrected chi connectivity index (χ4v) is 4.78. The van der Waals surface area contributed by atoms with Gasteiger partial charge in [0.2, 0.25) is 0 Å². The summed E-state index contributed by atoms with van der Waals surface area (Å²) in [4.78, 5) is 66.1. The summed E-state index contributed by atoms with van der Waals surface area (Å²) in [6, 6.07) is 14.1. The van der Waals surface area contributed by atoms with Gasteiger partial charge < -0.3 is 10.1 Å². The van der Waals surface area contributed by atoms with Crippen LogP contribution >= 0.6 is 11.8 Å². The van der Waals surface area contributed by atoms with Crippen molar-refractivity contribution in [1.29, 1.82) is 0 Å². The maximum atomic E-state index is 13.2. The molecule has 3 aromatic rings. The van der Waals surface area contributed by atoms with Gasteiger partial charge in [0.25, 0.3) is 23.3 Å². The van der Waals surface area contributed by atoms with Crippen molar-refractivity contribution in [3.63, 3.8) is 0 Å². The summed E-state index contributed by atoms with van der Waals surface area (Å²) >= 11 is 1.45. The summed E-state index contributed by atoms with van der Waals surface area (Å²) in [6.45, 7) is 3.06. The summed E-state index contributed by atoms with van der Waals surface area (Å²) in [5, 5.41) is 2.58. The van der Waals surface area contributed by atoms with Gasteiger partial charge in [0, 0.05) is 7.05 Å².